The number of amides is 3. The fraction of sp³-hybridized carbons (Fsp3) is 0.609. The summed E-state index contributed by atoms with van der Waals surface area (Å²) in [4.78, 5) is 38.5. The SMILES string of the molecule is C[C@@H](CC(=O)NC[C@@H]1CC(=O)N(CCc2ccccc2)C1)NC(=O)C1CCCC1. The molecule has 1 aromatic carbocycles. The minimum atomic E-state index is -0.171. The Morgan fingerprint density at radius 3 is 2.62 bits per heavy atom. The van der Waals surface area contributed by atoms with Gasteiger partial charge in [-0.2, -0.15) is 0 Å². The molecule has 2 N–H and O–H groups in total. The van der Waals surface area contributed by atoms with E-state index in [1.807, 2.05) is 30.0 Å². The first-order valence-electron chi connectivity index (χ1n) is 10.9. The van der Waals surface area contributed by atoms with Gasteiger partial charge >= 0.3 is 0 Å². The van der Waals surface area contributed by atoms with Gasteiger partial charge < -0.3 is 15.5 Å². The summed E-state index contributed by atoms with van der Waals surface area (Å²) >= 11 is 0. The Balaban J connectivity index is 1.33. The van der Waals surface area contributed by atoms with E-state index >= 15 is 0 Å². The van der Waals surface area contributed by atoms with Crippen molar-refractivity contribution in [1.29, 1.82) is 0 Å². The monoisotopic (exact) mass is 399 g/mol. The lowest BCUT2D eigenvalue weighted by Gasteiger charge is -2.18. The third kappa shape index (κ3) is 6.58. The summed E-state index contributed by atoms with van der Waals surface area (Å²) in [5, 5.41) is 5.91. The second-order valence-corrected chi connectivity index (χ2v) is 8.54. The maximum atomic E-state index is 12.2. The Morgan fingerprint density at radius 2 is 1.90 bits per heavy atom. The van der Waals surface area contributed by atoms with Crippen molar-refractivity contribution in [3.05, 3.63) is 35.9 Å². The molecular formula is C23H33N3O3. The van der Waals surface area contributed by atoms with Crippen LogP contribution in [-0.4, -0.2) is 48.3 Å². The first kappa shape index (κ1) is 21.3. The fourth-order valence-electron chi connectivity index (χ4n) is 4.32. The largest absolute Gasteiger partial charge is 0.356 e. The molecule has 1 saturated carbocycles. The molecule has 0 unspecified atom stereocenters. The van der Waals surface area contributed by atoms with E-state index in [0.29, 0.717) is 19.5 Å². The van der Waals surface area contributed by atoms with Gasteiger partial charge in [-0.1, -0.05) is 43.2 Å². The zero-order valence-electron chi connectivity index (χ0n) is 17.4. The molecular weight excluding hydrogens is 366 g/mol. The lowest BCUT2D eigenvalue weighted by atomic mass is 10.1. The van der Waals surface area contributed by atoms with Crippen molar-refractivity contribution in [2.75, 3.05) is 19.6 Å². The molecule has 2 atom stereocenters. The minimum absolute atomic E-state index is 0.0700. The van der Waals surface area contributed by atoms with Crippen molar-refractivity contribution in [3.8, 4) is 0 Å². The van der Waals surface area contributed by atoms with Crippen LogP contribution in [0.1, 0.15) is 51.0 Å². The van der Waals surface area contributed by atoms with E-state index in [-0.39, 0.29) is 42.0 Å². The van der Waals surface area contributed by atoms with Gasteiger partial charge in [0, 0.05) is 50.4 Å². The number of likely N-dealkylation sites (tertiary alicyclic amines) is 1. The molecule has 2 fully saturated rings. The van der Waals surface area contributed by atoms with E-state index in [1.165, 1.54) is 5.56 Å². The second kappa shape index (κ2) is 10.4. The Bertz CT molecular complexity index is 701. The van der Waals surface area contributed by atoms with Gasteiger partial charge in [-0.05, 0) is 31.7 Å². The lowest BCUT2D eigenvalue weighted by Crippen LogP contribution is -2.40. The summed E-state index contributed by atoms with van der Waals surface area (Å²) in [6.07, 6.45) is 5.77. The smallest absolute Gasteiger partial charge is 0.223 e. The van der Waals surface area contributed by atoms with Gasteiger partial charge in [0.25, 0.3) is 0 Å². The Kier molecular flexibility index (Phi) is 7.67. The Morgan fingerprint density at radius 1 is 1.17 bits per heavy atom. The van der Waals surface area contributed by atoms with E-state index in [9.17, 15) is 14.4 Å². The molecule has 3 rings (SSSR count). The first-order valence-corrected chi connectivity index (χ1v) is 10.9. The van der Waals surface area contributed by atoms with Crippen LogP contribution in [0.2, 0.25) is 0 Å². The summed E-state index contributed by atoms with van der Waals surface area (Å²) in [5.41, 5.74) is 1.23. The topological polar surface area (TPSA) is 78.5 Å². The van der Waals surface area contributed by atoms with Crippen molar-refractivity contribution in [1.82, 2.24) is 15.5 Å². The molecule has 1 heterocycles. The highest BCUT2D eigenvalue weighted by Gasteiger charge is 2.29. The van der Waals surface area contributed by atoms with Gasteiger partial charge in [-0.25, -0.2) is 0 Å². The first-order chi connectivity index (χ1) is 14.0. The molecule has 1 saturated heterocycles. The Labute approximate surface area is 173 Å². The van der Waals surface area contributed by atoms with Crippen LogP contribution in [0.4, 0.5) is 0 Å². The normalized spacial score (nSPS) is 20.7. The maximum absolute atomic E-state index is 12.2. The average Bonchev–Trinajstić information content (AvgIpc) is 3.35. The predicted octanol–water partition coefficient (Wildman–Crippen LogP) is 2.28. The van der Waals surface area contributed by atoms with E-state index in [0.717, 1.165) is 38.6 Å². The summed E-state index contributed by atoms with van der Waals surface area (Å²) in [6, 6.07) is 9.99. The standard InChI is InChI=1S/C23H33N3O3/c1-17(25-23(29)20-9-5-6-10-20)13-21(27)24-15-19-14-22(28)26(16-19)12-11-18-7-3-2-4-8-18/h2-4,7-8,17,19-20H,5-6,9-16H2,1H3,(H,24,27)(H,25,29)/t17-,19-/m0/s1. The van der Waals surface area contributed by atoms with Gasteiger partial charge in [0.2, 0.25) is 17.7 Å². The quantitative estimate of drug-likeness (QED) is 0.669. The van der Waals surface area contributed by atoms with E-state index < -0.39 is 0 Å². The molecule has 1 aliphatic carbocycles. The number of carbonyl (C=O) groups excluding carboxylic acids is 3. The zero-order valence-corrected chi connectivity index (χ0v) is 17.4. The van der Waals surface area contributed by atoms with Crippen molar-refractivity contribution < 1.29 is 14.4 Å². The van der Waals surface area contributed by atoms with Crippen LogP contribution in [0.5, 0.6) is 0 Å². The molecule has 29 heavy (non-hydrogen) atoms. The summed E-state index contributed by atoms with van der Waals surface area (Å²) in [7, 11) is 0. The van der Waals surface area contributed by atoms with Crippen LogP contribution in [0.25, 0.3) is 0 Å². The van der Waals surface area contributed by atoms with E-state index in [4.69, 9.17) is 0 Å². The molecule has 1 aromatic rings. The highest BCUT2D eigenvalue weighted by Crippen LogP contribution is 2.24. The molecule has 0 bridgehead atoms. The van der Waals surface area contributed by atoms with Crippen LogP contribution in [0.3, 0.4) is 0 Å². The van der Waals surface area contributed by atoms with Gasteiger partial charge in [0.1, 0.15) is 0 Å². The van der Waals surface area contributed by atoms with Crippen LogP contribution in [0, 0.1) is 11.8 Å². The molecule has 0 spiro atoms. The molecule has 2 aliphatic rings. The summed E-state index contributed by atoms with van der Waals surface area (Å²) < 4.78 is 0. The number of hydrogen-bond donors (Lipinski definition) is 2. The molecule has 1 aliphatic heterocycles. The summed E-state index contributed by atoms with van der Waals surface area (Å²) in [6.45, 7) is 3.80. The van der Waals surface area contributed by atoms with Crippen molar-refractivity contribution in [2.24, 2.45) is 11.8 Å². The Hall–Kier alpha value is -2.37. The molecule has 6 nitrogen and oxygen atoms in total. The van der Waals surface area contributed by atoms with Gasteiger partial charge in [0.15, 0.2) is 0 Å². The van der Waals surface area contributed by atoms with Crippen LogP contribution in [0.15, 0.2) is 30.3 Å². The van der Waals surface area contributed by atoms with Gasteiger partial charge in [0.05, 0.1) is 0 Å². The predicted molar refractivity (Wildman–Crippen MR) is 112 cm³/mol. The average molecular weight is 400 g/mol. The number of hydrogen-bond acceptors (Lipinski definition) is 3. The molecule has 3 amide bonds. The number of rotatable bonds is 9. The fourth-order valence-corrected chi connectivity index (χ4v) is 4.32. The third-order valence-electron chi connectivity index (χ3n) is 6.00. The van der Waals surface area contributed by atoms with E-state index in [2.05, 4.69) is 22.8 Å². The van der Waals surface area contributed by atoms with Crippen molar-refractivity contribution in [2.45, 2.75) is 57.9 Å². The van der Waals surface area contributed by atoms with Crippen LogP contribution >= 0.6 is 0 Å². The number of nitrogens with one attached hydrogen (secondary N) is 2. The van der Waals surface area contributed by atoms with Crippen LogP contribution in [-0.2, 0) is 20.8 Å². The highest BCUT2D eigenvalue weighted by atomic mass is 16.2. The number of nitrogens with zero attached hydrogens (tertiary/aromatic N) is 1. The molecule has 0 radical (unpaired) electrons. The number of carbonyl (C=O) groups is 3. The summed E-state index contributed by atoms with van der Waals surface area (Å²) in [5.74, 6) is 0.451. The van der Waals surface area contributed by atoms with Crippen molar-refractivity contribution >= 4 is 17.7 Å². The third-order valence-corrected chi connectivity index (χ3v) is 6.00. The van der Waals surface area contributed by atoms with Gasteiger partial charge in [-0.15, -0.1) is 0 Å². The second-order valence-electron chi connectivity index (χ2n) is 8.54. The van der Waals surface area contributed by atoms with E-state index in [1.54, 1.807) is 0 Å². The lowest BCUT2D eigenvalue weighted by molar-refractivity contribution is -0.128. The highest BCUT2D eigenvalue weighted by molar-refractivity contribution is 5.81. The zero-order chi connectivity index (χ0) is 20.6. The molecule has 6 heteroatoms. The number of benzene rings is 1. The minimum Gasteiger partial charge on any atom is -0.356 e. The molecule has 158 valence electrons. The molecule has 0 aromatic heterocycles. The maximum Gasteiger partial charge on any atom is 0.223 e. The van der Waals surface area contributed by atoms with Crippen molar-refractivity contribution in [3.63, 3.8) is 0 Å². The van der Waals surface area contributed by atoms with Gasteiger partial charge in [-0.3, -0.25) is 14.4 Å². The van der Waals surface area contributed by atoms with Crippen LogP contribution < -0.4 is 10.6 Å².